The van der Waals surface area contributed by atoms with Crippen molar-refractivity contribution in [1.29, 1.82) is 0 Å². The van der Waals surface area contributed by atoms with Gasteiger partial charge >= 0.3 is 23.9 Å². The van der Waals surface area contributed by atoms with Crippen LogP contribution in [0.5, 0.6) is 11.5 Å². The SMILES string of the molecule is CCCC(C)C(=O)OC(C)CN[C@@H](Cc1ccc(OC(C)=O)c(OC(C)=O)c1)C(=O)O. The number of ether oxygens (including phenoxy) is 3. The molecule has 1 aromatic carbocycles. The molecule has 0 fully saturated rings. The van der Waals surface area contributed by atoms with Crippen molar-refractivity contribution in [2.45, 2.75) is 66.0 Å². The second-order valence-corrected chi connectivity index (χ2v) is 7.41. The lowest BCUT2D eigenvalue weighted by Gasteiger charge is -2.20. The lowest BCUT2D eigenvalue weighted by atomic mass is 10.0. The van der Waals surface area contributed by atoms with E-state index in [9.17, 15) is 24.3 Å². The van der Waals surface area contributed by atoms with E-state index in [2.05, 4.69) is 5.32 Å². The maximum atomic E-state index is 12.0. The van der Waals surface area contributed by atoms with Gasteiger partial charge in [-0.05, 0) is 37.5 Å². The summed E-state index contributed by atoms with van der Waals surface area (Å²) in [5.41, 5.74) is 0.549. The fourth-order valence-corrected chi connectivity index (χ4v) is 2.85. The minimum absolute atomic E-state index is 0.0246. The van der Waals surface area contributed by atoms with Gasteiger partial charge in [-0.15, -0.1) is 0 Å². The topological polar surface area (TPSA) is 128 Å². The van der Waals surface area contributed by atoms with E-state index in [1.807, 2.05) is 6.92 Å². The zero-order valence-corrected chi connectivity index (χ0v) is 18.6. The average Bonchev–Trinajstić information content (AvgIpc) is 2.66. The van der Waals surface area contributed by atoms with Crippen molar-refractivity contribution in [3.8, 4) is 11.5 Å². The van der Waals surface area contributed by atoms with Gasteiger partial charge < -0.3 is 24.6 Å². The molecule has 31 heavy (non-hydrogen) atoms. The standard InChI is InChI=1S/C22H31NO8/c1-6-7-13(2)22(28)29-14(3)12-23-18(21(26)27)10-17-8-9-19(30-15(4)24)20(11-17)31-16(5)25/h8-9,11,13-14,18,23H,6-7,10,12H2,1-5H3,(H,26,27)/t13?,14?,18-/m0/s1. The molecular weight excluding hydrogens is 406 g/mol. The first-order valence-corrected chi connectivity index (χ1v) is 10.2. The minimum Gasteiger partial charge on any atom is -0.480 e. The molecule has 0 heterocycles. The molecule has 0 radical (unpaired) electrons. The number of carbonyl (C=O) groups excluding carboxylic acids is 3. The summed E-state index contributed by atoms with van der Waals surface area (Å²) in [5.74, 6) is -2.71. The molecule has 3 atom stereocenters. The van der Waals surface area contributed by atoms with Gasteiger partial charge in [0.15, 0.2) is 11.5 Å². The van der Waals surface area contributed by atoms with Gasteiger partial charge in [0.05, 0.1) is 5.92 Å². The molecule has 172 valence electrons. The van der Waals surface area contributed by atoms with Crippen LogP contribution in [0.2, 0.25) is 0 Å². The van der Waals surface area contributed by atoms with Crippen molar-refractivity contribution in [2.24, 2.45) is 5.92 Å². The largest absolute Gasteiger partial charge is 0.480 e. The monoisotopic (exact) mass is 437 g/mol. The molecule has 1 rings (SSSR count). The summed E-state index contributed by atoms with van der Waals surface area (Å²) in [4.78, 5) is 46.2. The van der Waals surface area contributed by atoms with Gasteiger partial charge in [-0.3, -0.25) is 19.2 Å². The van der Waals surface area contributed by atoms with E-state index in [-0.39, 0.29) is 36.4 Å². The van der Waals surface area contributed by atoms with Crippen LogP contribution in [0.3, 0.4) is 0 Å². The number of nitrogens with one attached hydrogen (secondary N) is 1. The number of hydrogen-bond acceptors (Lipinski definition) is 8. The molecular formula is C22H31NO8. The highest BCUT2D eigenvalue weighted by molar-refractivity contribution is 5.75. The van der Waals surface area contributed by atoms with Gasteiger partial charge in [-0.2, -0.15) is 0 Å². The molecule has 0 saturated carbocycles. The third kappa shape index (κ3) is 9.61. The average molecular weight is 437 g/mol. The molecule has 0 bridgehead atoms. The third-order valence-electron chi connectivity index (χ3n) is 4.35. The smallest absolute Gasteiger partial charge is 0.321 e. The summed E-state index contributed by atoms with van der Waals surface area (Å²) in [7, 11) is 0. The summed E-state index contributed by atoms with van der Waals surface area (Å²) < 4.78 is 15.4. The lowest BCUT2D eigenvalue weighted by molar-refractivity contribution is -0.152. The molecule has 0 aliphatic heterocycles. The van der Waals surface area contributed by atoms with Crippen LogP contribution in [0, 0.1) is 5.92 Å². The normalized spacial score (nSPS) is 13.6. The zero-order valence-electron chi connectivity index (χ0n) is 18.6. The fourth-order valence-electron chi connectivity index (χ4n) is 2.85. The predicted octanol–water partition coefficient (Wildman–Crippen LogP) is 2.49. The number of rotatable bonds is 12. The molecule has 0 spiro atoms. The first kappa shape index (κ1) is 26.1. The van der Waals surface area contributed by atoms with Gasteiger partial charge in [0.1, 0.15) is 12.1 Å². The third-order valence-corrected chi connectivity index (χ3v) is 4.35. The Morgan fingerprint density at radius 3 is 2.19 bits per heavy atom. The van der Waals surface area contributed by atoms with Crippen LogP contribution in [0.15, 0.2) is 18.2 Å². The van der Waals surface area contributed by atoms with E-state index < -0.39 is 30.1 Å². The van der Waals surface area contributed by atoms with E-state index in [1.54, 1.807) is 19.9 Å². The van der Waals surface area contributed by atoms with Crippen LogP contribution in [0.1, 0.15) is 53.0 Å². The molecule has 0 amide bonds. The Hall–Kier alpha value is -2.94. The van der Waals surface area contributed by atoms with Crippen LogP contribution < -0.4 is 14.8 Å². The van der Waals surface area contributed by atoms with E-state index in [0.29, 0.717) is 5.56 Å². The second kappa shape index (κ2) is 12.7. The quantitative estimate of drug-likeness (QED) is 0.374. The molecule has 9 heteroatoms. The minimum atomic E-state index is -1.09. The Morgan fingerprint density at radius 2 is 1.65 bits per heavy atom. The molecule has 2 N–H and O–H groups in total. The fraction of sp³-hybridized carbons (Fsp3) is 0.545. The van der Waals surface area contributed by atoms with Crippen LogP contribution in [-0.4, -0.2) is 47.7 Å². The number of hydrogen-bond donors (Lipinski definition) is 2. The van der Waals surface area contributed by atoms with Crippen molar-refractivity contribution in [1.82, 2.24) is 5.32 Å². The predicted molar refractivity (Wildman–Crippen MR) is 112 cm³/mol. The Morgan fingerprint density at radius 1 is 1.03 bits per heavy atom. The molecule has 0 aliphatic rings. The highest BCUT2D eigenvalue weighted by atomic mass is 16.6. The number of carboxylic acids is 1. The first-order valence-electron chi connectivity index (χ1n) is 10.2. The van der Waals surface area contributed by atoms with Crippen molar-refractivity contribution in [3.63, 3.8) is 0 Å². The van der Waals surface area contributed by atoms with Gasteiger partial charge in [-0.1, -0.05) is 26.3 Å². The molecule has 2 unspecified atom stereocenters. The summed E-state index contributed by atoms with van der Waals surface area (Å²) >= 11 is 0. The number of esters is 3. The van der Waals surface area contributed by atoms with Gasteiger partial charge in [0.2, 0.25) is 0 Å². The molecule has 9 nitrogen and oxygen atoms in total. The zero-order chi connectivity index (χ0) is 23.6. The van der Waals surface area contributed by atoms with Crippen molar-refractivity contribution < 1.29 is 38.5 Å². The maximum Gasteiger partial charge on any atom is 0.321 e. The van der Waals surface area contributed by atoms with Crippen LogP contribution in [-0.2, 0) is 30.3 Å². The van der Waals surface area contributed by atoms with Gasteiger partial charge in [0, 0.05) is 20.4 Å². The number of carbonyl (C=O) groups is 4. The summed E-state index contributed by atoms with van der Waals surface area (Å²) in [6.07, 6.45) is 1.16. The molecule has 0 saturated heterocycles. The Bertz CT molecular complexity index is 792. The number of aliphatic carboxylic acids is 1. The van der Waals surface area contributed by atoms with E-state index in [0.717, 1.165) is 12.8 Å². The van der Waals surface area contributed by atoms with Crippen LogP contribution >= 0.6 is 0 Å². The van der Waals surface area contributed by atoms with Crippen LogP contribution in [0.4, 0.5) is 0 Å². The van der Waals surface area contributed by atoms with Gasteiger partial charge in [-0.25, -0.2) is 0 Å². The highest BCUT2D eigenvalue weighted by Crippen LogP contribution is 2.29. The van der Waals surface area contributed by atoms with Gasteiger partial charge in [0.25, 0.3) is 0 Å². The number of benzene rings is 1. The summed E-state index contributed by atoms with van der Waals surface area (Å²) in [5, 5.41) is 12.4. The Balaban J connectivity index is 2.81. The summed E-state index contributed by atoms with van der Waals surface area (Å²) in [6.45, 7) is 8.05. The summed E-state index contributed by atoms with van der Waals surface area (Å²) in [6, 6.07) is 3.50. The molecule has 0 aromatic heterocycles. The highest BCUT2D eigenvalue weighted by Gasteiger charge is 2.22. The lowest BCUT2D eigenvalue weighted by Crippen LogP contribution is -2.43. The second-order valence-electron chi connectivity index (χ2n) is 7.41. The van der Waals surface area contributed by atoms with E-state index >= 15 is 0 Å². The van der Waals surface area contributed by atoms with Crippen molar-refractivity contribution >= 4 is 23.9 Å². The molecule has 1 aromatic rings. The Kier molecular flexibility index (Phi) is 10.7. The van der Waals surface area contributed by atoms with E-state index in [4.69, 9.17) is 14.2 Å². The van der Waals surface area contributed by atoms with Crippen molar-refractivity contribution in [3.05, 3.63) is 23.8 Å². The maximum absolute atomic E-state index is 12.0. The number of carboxylic acid groups (broad SMARTS) is 1. The van der Waals surface area contributed by atoms with E-state index in [1.165, 1.54) is 26.0 Å². The first-order chi connectivity index (χ1) is 14.5. The molecule has 0 aliphatic carbocycles. The Labute approximate surface area is 182 Å². The van der Waals surface area contributed by atoms with Crippen LogP contribution in [0.25, 0.3) is 0 Å². The van der Waals surface area contributed by atoms with Crippen molar-refractivity contribution in [2.75, 3.05) is 6.54 Å².